The molecule has 0 fully saturated rings. The van der Waals surface area contributed by atoms with E-state index >= 15 is 0 Å². The van der Waals surface area contributed by atoms with Gasteiger partial charge in [0, 0.05) is 12.3 Å². The fourth-order valence-corrected chi connectivity index (χ4v) is 3.40. The van der Waals surface area contributed by atoms with Crippen LogP contribution in [0.4, 0.5) is 22.0 Å². The number of H-pyrrole nitrogens is 1. The molecule has 8 heteroatoms. The van der Waals surface area contributed by atoms with Crippen LogP contribution in [0.3, 0.4) is 0 Å². The molecule has 0 aliphatic heterocycles. The Labute approximate surface area is 178 Å². The first-order valence-electron chi connectivity index (χ1n) is 9.91. The molecule has 5 rings (SSSR count). The van der Waals surface area contributed by atoms with Crippen molar-refractivity contribution in [1.82, 2.24) is 24.8 Å². The number of nitrogens with zero attached hydrogens (tertiary/aromatic N) is 4. The molecule has 31 heavy (non-hydrogen) atoms. The standard InChI is InChI=1S/C23H20FN7/c1-15(16-9-11-18(24)12-10-16)25-22-20-8-5-13-31(20)30-23(27-22)26-21-14-19(28-29-21)17-6-3-2-4-7-17/h2-15H,1H3,(H3,25,26,27,28,29,30)/t15-/m0/s1. The summed E-state index contributed by atoms with van der Waals surface area (Å²) < 4.78 is 15.0. The number of benzene rings is 2. The third-order valence-electron chi connectivity index (χ3n) is 5.02. The Morgan fingerprint density at radius 1 is 1.00 bits per heavy atom. The number of halogens is 1. The molecule has 0 spiro atoms. The van der Waals surface area contributed by atoms with Gasteiger partial charge in [0.15, 0.2) is 11.6 Å². The maximum atomic E-state index is 13.3. The molecule has 0 aliphatic carbocycles. The summed E-state index contributed by atoms with van der Waals surface area (Å²) in [5.74, 6) is 1.43. The van der Waals surface area contributed by atoms with E-state index in [-0.39, 0.29) is 11.9 Å². The Hall–Kier alpha value is -4.20. The fourth-order valence-electron chi connectivity index (χ4n) is 3.40. The summed E-state index contributed by atoms with van der Waals surface area (Å²) in [6.07, 6.45) is 1.86. The summed E-state index contributed by atoms with van der Waals surface area (Å²) >= 11 is 0. The van der Waals surface area contributed by atoms with Gasteiger partial charge in [-0.15, -0.1) is 5.10 Å². The number of aromatic amines is 1. The van der Waals surface area contributed by atoms with Gasteiger partial charge in [0.25, 0.3) is 0 Å². The molecule has 0 bridgehead atoms. The van der Waals surface area contributed by atoms with Crippen LogP contribution in [0.5, 0.6) is 0 Å². The van der Waals surface area contributed by atoms with E-state index in [0.717, 1.165) is 22.3 Å². The van der Waals surface area contributed by atoms with E-state index in [1.807, 2.05) is 61.7 Å². The summed E-state index contributed by atoms with van der Waals surface area (Å²) in [6.45, 7) is 2.00. The first-order valence-corrected chi connectivity index (χ1v) is 9.91. The number of aromatic nitrogens is 5. The van der Waals surface area contributed by atoms with Crippen molar-refractivity contribution in [2.75, 3.05) is 10.6 Å². The van der Waals surface area contributed by atoms with E-state index in [4.69, 9.17) is 0 Å². The molecule has 3 aromatic heterocycles. The van der Waals surface area contributed by atoms with Gasteiger partial charge in [-0.3, -0.25) is 5.10 Å². The van der Waals surface area contributed by atoms with Gasteiger partial charge in [-0.1, -0.05) is 42.5 Å². The van der Waals surface area contributed by atoms with Crippen LogP contribution in [0.1, 0.15) is 18.5 Å². The summed E-state index contributed by atoms with van der Waals surface area (Å²) in [4.78, 5) is 4.65. The van der Waals surface area contributed by atoms with E-state index in [2.05, 4.69) is 30.9 Å². The third-order valence-corrected chi connectivity index (χ3v) is 5.02. The Kier molecular flexibility index (Phi) is 4.80. The van der Waals surface area contributed by atoms with E-state index in [1.54, 1.807) is 16.6 Å². The largest absolute Gasteiger partial charge is 0.362 e. The molecule has 3 heterocycles. The number of hydrogen-bond acceptors (Lipinski definition) is 5. The SMILES string of the molecule is C[C@H](Nc1nc(Nc2cc(-c3ccccc3)[nH]n2)nn2cccc12)c1ccc(F)cc1. The van der Waals surface area contributed by atoms with E-state index in [1.165, 1.54) is 12.1 Å². The highest BCUT2D eigenvalue weighted by atomic mass is 19.1. The van der Waals surface area contributed by atoms with Crippen molar-refractivity contribution in [2.24, 2.45) is 0 Å². The minimum atomic E-state index is -0.257. The Balaban J connectivity index is 1.41. The number of rotatable bonds is 6. The monoisotopic (exact) mass is 413 g/mol. The van der Waals surface area contributed by atoms with E-state index in [0.29, 0.717) is 17.6 Å². The van der Waals surface area contributed by atoms with Gasteiger partial charge in [-0.2, -0.15) is 10.1 Å². The lowest BCUT2D eigenvalue weighted by Crippen LogP contribution is -2.11. The van der Waals surface area contributed by atoms with Crippen LogP contribution in [0.25, 0.3) is 16.8 Å². The topological polar surface area (TPSA) is 82.9 Å². The lowest BCUT2D eigenvalue weighted by Gasteiger charge is -2.16. The zero-order valence-corrected chi connectivity index (χ0v) is 16.7. The second-order valence-electron chi connectivity index (χ2n) is 7.20. The Morgan fingerprint density at radius 3 is 2.61 bits per heavy atom. The molecule has 0 saturated carbocycles. The quantitative estimate of drug-likeness (QED) is 0.357. The summed E-state index contributed by atoms with van der Waals surface area (Å²) in [5.41, 5.74) is 3.74. The number of anilines is 3. The fraction of sp³-hybridized carbons (Fsp3) is 0.0870. The maximum Gasteiger partial charge on any atom is 0.248 e. The molecule has 0 radical (unpaired) electrons. The van der Waals surface area contributed by atoms with E-state index < -0.39 is 0 Å². The van der Waals surface area contributed by atoms with Gasteiger partial charge < -0.3 is 10.6 Å². The molecule has 2 aromatic carbocycles. The van der Waals surface area contributed by atoms with Gasteiger partial charge in [-0.05, 0) is 42.3 Å². The van der Waals surface area contributed by atoms with Crippen LogP contribution in [0, 0.1) is 5.82 Å². The molecule has 0 unspecified atom stereocenters. The molecule has 0 amide bonds. The van der Waals surface area contributed by atoms with Crippen LogP contribution in [-0.2, 0) is 0 Å². The highest BCUT2D eigenvalue weighted by molar-refractivity contribution is 5.70. The lowest BCUT2D eigenvalue weighted by molar-refractivity contribution is 0.626. The van der Waals surface area contributed by atoms with Crippen LogP contribution < -0.4 is 10.6 Å². The smallest absolute Gasteiger partial charge is 0.248 e. The molecule has 0 saturated heterocycles. The molecule has 0 aliphatic rings. The zero-order valence-electron chi connectivity index (χ0n) is 16.7. The predicted octanol–water partition coefficient (Wildman–Crippen LogP) is 5.18. The number of fused-ring (bicyclic) bond motifs is 1. The van der Waals surface area contributed by atoms with Crippen molar-refractivity contribution in [3.63, 3.8) is 0 Å². The van der Waals surface area contributed by atoms with Crippen LogP contribution in [-0.4, -0.2) is 24.8 Å². The van der Waals surface area contributed by atoms with Crippen molar-refractivity contribution in [3.8, 4) is 11.3 Å². The van der Waals surface area contributed by atoms with Crippen LogP contribution >= 0.6 is 0 Å². The summed E-state index contributed by atoms with van der Waals surface area (Å²) in [6, 6.07) is 22.1. The Bertz CT molecular complexity index is 1310. The summed E-state index contributed by atoms with van der Waals surface area (Å²) in [5, 5.41) is 18.4. The Morgan fingerprint density at radius 2 is 1.81 bits per heavy atom. The molecule has 7 nitrogen and oxygen atoms in total. The van der Waals surface area contributed by atoms with Crippen LogP contribution in [0.2, 0.25) is 0 Å². The molecule has 3 N–H and O–H groups in total. The van der Waals surface area contributed by atoms with Crippen molar-refractivity contribution in [1.29, 1.82) is 0 Å². The highest BCUT2D eigenvalue weighted by Crippen LogP contribution is 2.25. The van der Waals surface area contributed by atoms with Gasteiger partial charge >= 0.3 is 0 Å². The second kappa shape index (κ2) is 7.91. The normalized spacial score (nSPS) is 12.1. The average molecular weight is 413 g/mol. The van der Waals surface area contributed by atoms with Crippen molar-refractivity contribution in [2.45, 2.75) is 13.0 Å². The van der Waals surface area contributed by atoms with Crippen molar-refractivity contribution in [3.05, 3.63) is 90.4 Å². The first kappa shape index (κ1) is 18.8. The van der Waals surface area contributed by atoms with Crippen molar-refractivity contribution < 1.29 is 4.39 Å². The van der Waals surface area contributed by atoms with Gasteiger partial charge in [0.2, 0.25) is 5.95 Å². The number of nitrogens with one attached hydrogen (secondary N) is 3. The maximum absolute atomic E-state index is 13.3. The average Bonchev–Trinajstić information content (AvgIpc) is 3.45. The van der Waals surface area contributed by atoms with Gasteiger partial charge in [0.1, 0.15) is 11.3 Å². The second-order valence-corrected chi connectivity index (χ2v) is 7.20. The predicted molar refractivity (Wildman–Crippen MR) is 119 cm³/mol. The van der Waals surface area contributed by atoms with Gasteiger partial charge in [0.05, 0.1) is 11.7 Å². The van der Waals surface area contributed by atoms with E-state index in [9.17, 15) is 4.39 Å². The molecule has 1 atom stereocenters. The molecular weight excluding hydrogens is 393 g/mol. The van der Waals surface area contributed by atoms with Gasteiger partial charge in [-0.25, -0.2) is 8.91 Å². The minimum Gasteiger partial charge on any atom is -0.362 e. The highest BCUT2D eigenvalue weighted by Gasteiger charge is 2.13. The lowest BCUT2D eigenvalue weighted by atomic mass is 10.1. The summed E-state index contributed by atoms with van der Waals surface area (Å²) in [7, 11) is 0. The zero-order chi connectivity index (χ0) is 21.2. The minimum absolute atomic E-state index is 0.0721. The molecule has 154 valence electrons. The van der Waals surface area contributed by atoms with Crippen LogP contribution in [0.15, 0.2) is 79.0 Å². The molecule has 5 aromatic rings. The third kappa shape index (κ3) is 3.95. The molecular formula is C23H20FN7. The number of hydrogen-bond donors (Lipinski definition) is 3. The van der Waals surface area contributed by atoms with Crippen molar-refractivity contribution >= 4 is 23.1 Å². The first-order chi connectivity index (χ1) is 15.2.